The molecule has 2 aromatic heterocycles. The summed E-state index contributed by atoms with van der Waals surface area (Å²) in [5.41, 5.74) is 1.95. The number of methoxy groups -OCH3 is 1. The maximum atomic E-state index is 5.77. The third-order valence-electron chi connectivity index (χ3n) is 3.86. The van der Waals surface area contributed by atoms with Gasteiger partial charge < -0.3 is 18.9 Å². The summed E-state index contributed by atoms with van der Waals surface area (Å²) in [5.74, 6) is 2.64. The van der Waals surface area contributed by atoms with Crippen molar-refractivity contribution in [2.75, 3.05) is 19.5 Å². The highest BCUT2D eigenvalue weighted by atomic mass is 32.2. The van der Waals surface area contributed by atoms with Gasteiger partial charge >= 0.3 is 0 Å². The molecule has 7 heteroatoms. The minimum absolute atomic E-state index is 0.510. The molecule has 0 fully saturated rings. The lowest BCUT2D eigenvalue weighted by atomic mass is 10.2. The number of aromatic nitrogens is 3. The number of nitrogens with zero attached hydrogens (tertiary/aromatic N) is 2. The molecule has 2 heterocycles. The van der Waals surface area contributed by atoms with Crippen molar-refractivity contribution in [1.82, 2.24) is 15.2 Å². The van der Waals surface area contributed by atoms with Crippen molar-refractivity contribution in [1.29, 1.82) is 0 Å². The lowest BCUT2D eigenvalue weighted by molar-refractivity contribution is 0.313. The first-order chi connectivity index (χ1) is 12.8. The van der Waals surface area contributed by atoms with Crippen LogP contribution in [-0.4, -0.2) is 34.7 Å². The van der Waals surface area contributed by atoms with Crippen LogP contribution in [-0.2, 0) is 0 Å². The van der Waals surface area contributed by atoms with Crippen LogP contribution in [0.15, 0.2) is 64.4 Å². The first-order valence-electron chi connectivity index (χ1n) is 8.14. The van der Waals surface area contributed by atoms with E-state index in [0.29, 0.717) is 23.5 Å². The van der Waals surface area contributed by atoms with Crippen molar-refractivity contribution in [2.24, 2.45) is 0 Å². The molecule has 0 saturated heterocycles. The molecule has 6 nitrogen and oxygen atoms in total. The SMILES string of the molecule is COc1ccccc1OCCSc1nnc(-c2c[nH]c3ccccc23)o1. The van der Waals surface area contributed by atoms with E-state index in [1.807, 2.05) is 54.7 Å². The fourth-order valence-corrected chi connectivity index (χ4v) is 3.22. The molecule has 4 rings (SSSR count). The molecule has 0 saturated carbocycles. The van der Waals surface area contributed by atoms with E-state index in [0.717, 1.165) is 28.0 Å². The number of fused-ring (bicyclic) bond motifs is 1. The van der Waals surface area contributed by atoms with E-state index in [2.05, 4.69) is 15.2 Å². The van der Waals surface area contributed by atoms with Gasteiger partial charge in [-0.25, -0.2) is 0 Å². The topological polar surface area (TPSA) is 73.2 Å². The van der Waals surface area contributed by atoms with Crippen LogP contribution in [0.5, 0.6) is 11.5 Å². The Bertz CT molecular complexity index is 1010. The zero-order valence-electron chi connectivity index (χ0n) is 14.1. The lowest BCUT2D eigenvalue weighted by Crippen LogP contribution is -2.01. The Labute approximate surface area is 154 Å². The van der Waals surface area contributed by atoms with Crippen molar-refractivity contribution < 1.29 is 13.9 Å². The quantitative estimate of drug-likeness (QED) is 0.386. The van der Waals surface area contributed by atoms with Gasteiger partial charge in [0.2, 0.25) is 0 Å². The third kappa shape index (κ3) is 3.39. The number of ether oxygens (including phenoxy) is 2. The second-order valence-electron chi connectivity index (χ2n) is 5.47. The molecule has 0 radical (unpaired) electrons. The molecular formula is C19H17N3O3S. The van der Waals surface area contributed by atoms with Gasteiger partial charge in [0.1, 0.15) is 0 Å². The molecule has 1 N–H and O–H groups in total. The number of para-hydroxylation sites is 3. The van der Waals surface area contributed by atoms with E-state index in [1.165, 1.54) is 11.8 Å². The smallest absolute Gasteiger partial charge is 0.276 e. The van der Waals surface area contributed by atoms with Crippen LogP contribution in [0, 0.1) is 0 Å². The summed E-state index contributed by atoms with van der Waals surface area (Å²) in [4.78, 5) is 3.21. The molecule has 4 aromatic rings. The molecule has 0 bridgehead atoms. The zero-order valence-corrected chi connectivity index (χ0v) is 15.0. The van der Waals surface area contributed by atoms with Gasteiger partial charge in [-0.05, 0) is 18.2 Å². The van der Waals surface area contributed by atoms with Gasteiger partial charge in [0.05, 0.1) is 19.3 Å². The number of benzene rings is 2. The summed E-state index contributed by atoms with van der Waals surface area (Å²) in [5, 5.41) is 9.85. The number of hydrogen-bond donors (Lipinski definition) is 1. The predicted molar refractivity (Wildman–Crippen MR) is 101 cm³/mol. The minimum Gasteiger partial charge on any atom is -0.493 e. The molecule has 132 valence electrons. The standard InChI is InChI=1S/C19H17N3O3S/c1-23-16-8-4-5-9-17(16)24-10-11-26-19-22-21-18(25-19)14-12-20-15-7-3-2-6-13(14)15/h2-9,12,20H,10-11H2,1H3. The number of nitrogens with one attached hydrogen (secondary N) is 1. The van der Waals surface area contributed by atoms with Crippen LogP contribution in [0.4, 0.5) is 0 Å². The lowest BCUT2D eigenvalue weighted by Gasteiger charge is -2.09. The molecule has 26 heavy (non-hydrogen) atoms. The Hall–Kier alpha value is -2.93. The Kier molecular flexibility index (Phi) is 4.79. The highest BCUT2D eigenvalue weighted by Crippen LogP contribution is 2.30. The molecule has 0 amide bonds. The summed E-state index contributed by atoms with van der Waals surface area (Å²) in [6.07, 6.45) is 1.89. The summed E-state index contributed by atoms with van der Waals surface area (Å²) >= 11 is 1.46. The van der Waals surface area contributed by atoms with Crippen LogP contribution >= 0.6 is 11.8 Å². The Morgan fingerprint density at radius 3 is 2.73 bits per heavy atom. The van der Waals surface area contributed by atoms with Gasteiger partial charge in [-0.3, -0.25) is 0 Å². The molecule has 0 spiro atoms. The molecule has 0 unspecified atom stereocenters. The summed E-state index contributed by atoms with van der Waals surface area (Å²) < 4.78 is 16.8. The molecule has 2 aromatic carbocycles. The van der Waals surface area contributed by atoms with Gasteiger partial charge in [-0.1, -0.05) is 42.1 Å². The van der Waals surface area contributed by atoms with Gasteiger partial charge in [0.25, 0.3) is 11.1 Å². The third-order valence-corrected chi connectivity index (χ3v) is 4.64. The first kappa shape index (κ1) is 16.5. The van der Waals surface area contributed by atoms with Crippen molar-refractivity contribution >= 4 is 22.7 Å². The second-order valence-corrected chi connectivity index (χ2v) is 6.52. The average Bonchev–Trinajstić information content (AvgIpc) is 3.32. The summed E-state index contributed by atoms with van der Waals surface area (Å²) in [6.45, 7) is 0.510. The molecular weight excluding hydrogens is 350 g/mol. The van der Waals surface area contributed by atoms with Crippen LogP contribution in [0.25, 0.3) is 22.4 Å². The first-order valence-corrected chi connectivity index (χ1v) is 9.12. The molecule has 0 aliphatic carbocycles. The number of aromatic amines is 1. The maximum Gasteiger partial charge on any atom is 0.276 e. The van der Waals surface area contributed by atoms with E-state index in [9.17, 15) is 0 Å². The summed E-state index contributed by atoms with van der Waals surface area (Å²) in [6, 6.07) is 15.6. The fourth-order valence-electron chi connectivity index (χ4n) is 2.64. The average molecular weight is 367 g/mol. The largest absolute Gasteiger partial charge is 0.493 e. The van der Waals surface area contributed by atoms with Crippen LogP contribution in [0.2, 0.25) is 0 Å². The van der Waals surface area contributed by atoms with E-state index >= 15 is 0 Å². The Morgan fingerprint density at radius 1 is 1.04 bits per heavy atom. The van der Waals surface area contributed by atoms with Gasteiger partial charge in [0, 0.05) is 22.9 Å². The molecule has 0 atom stereocenters. The van der Waals surface area contributed by atoms with Crippen molar-refractivity contribution in [3.8, 4) is 23.0 Å². The number of hydrogen-bond acceptors (Lipinski definition) is 6. The zero-order chi connectivity index (χ0) is 17.8. The van der Waals surface area contributed by atoms with Crippen molar-refractivity contribution in [3.05, 3.63) is 54.7 Å². The monoisotopic (exact) mass is 367 g/mol. The van der Waals surface area contributed by atoms with Crippen molar-refractivity contribution in [2.45, 2.75) is 5.22 Å². The van der Waals surface area contributed by atoms with Crippen LogP contribution in [0.3, 0.4) is 0 Å². The number of rotatable bonds is 7. The minimum atomic E-state index is 0.510. The fraction of sp³-hybridized carbons (Fsp3) is 0.158. The normalized spacial score (nSPS) is 11.0. The van der Waals surface area contributed by atoms with E-state index in [4.69, 9.17) is 13.9 Å². The van der Waals surface area contributed by atoms with E-state index in [1.54, 1.807) is 7.11 Å². The second kappa shape index (κ2) is 7.53. The van der Waals surface area contributed by atoms with E-state index < -0.39 is 0 Å². The van der Waals surface area contributed by atoms with Crippen molar-refractivity contribution in [3.63, 3.8) is 0 Å². The van der Waals surface area contributed by atoms with Crippen LogP contribution < -0.4 is 9.47 Å². The Morgan fingerprint density at radius 2 is 1.85 bits per heavy atom. The molecule has 0 aliphatic rings. The number of H-pyrrole nitrogens is 1. The van der Waals surface area contributed by atoms with Gasteiger partial charge in [-0.15, -0.1) is 10.2 Å². The predicted octanol–water partition coefficient (Wildman–Crippen LogP) is 4.40. The summed E-state index contributed by atoms with van der Waals surface area (Å²) in [7, 11) is 1.63. The molecule has 0 aliphatic heterocycles. The van der Waals surface area contributed by atoms with Gasteiger partial charge in [0.15, 0.2) is 11.5 Å². The Balaban J connectivity index is 1.37. The highest BCUT2D eigenvalue weighted by Gasteiger charge is 2.13. The van der Waals surface area contributed by atoms with Crippen LogP contribution in [0.1, 0.15) is 0 Å². The number of thioether (sulfide) groups is 1. The highest BCUT2D eigenvalue weighted by molar-refractivity contribution is 7.99. The maximum absolute atomic E-state index is 5.77. The van der Waals surface area contributed by atoms with Gasteiger partial charge in [-0.2, -0.15) is 0 Å². The van der Waals surface area contributed by atoms with E-state index in [-0.39, 0.29) is 0 Å².